The molecule has 0 aliphatic heterocycles. The van der Waals surface area contributed by atoms with Crippen LogP contribution < -0.4 is 21.5 Å². The van der Waals surface area contributed by atoms with Gasteiger partial charge in [0.05, 0.1) is 6.54 Å². The smallest absolute Gasteiger partial charge is 0.257 e. The van der Waals surface area contributed by atoms with E-state index in [4.69, 9.17) is 12.2 Å². The van der Waals surface area contributed by atoms with Gasteiger partial charge in [-0.1, -0.05) is 17.7 Å². The van der Waals surface area contributed by atoms with Crippen molar-refractivity contribution in [2.24, 2.45) is 0 Å². The number of hydrogen-bond acceptors (Lipinski definition) is 3. The van der Waals surface area contributed by atoms with Gasteiger partial charge in [-0.25, -0.2) is 0 Å². The minimum absolute atomic E-state index is 0.183. The van der Waals surface area contributed by atoms with Crippen LogP contribution in [-0.2, 0) is 4.79 Å². The van der Waals surface area contributed by atoms with Crippen LogP contribution in [0.3, 0.4) is 0 Å². The Morgan fingerprint density at radius 1 is 1.16 bits per heavy atom. The number of hydrazine groups is 1. The molecule has 0 bridgehead atoms. The van der Waals surface area contributed by atoms with Crippen molar-refractivity contribution in [2.75, 3.05) is 18.9 Å². The molecule has 1 aromatic carbocycles. The van der Waals surface area contributed by atoms with Gasteiger partial charge in [0.15, 0.2) is 5.11 Å². The third kappa shape index (κ3) is 4.75. The fourth-order valence-electron chi connectivity index (χ4n) is 1.86. The van der Waals surface area contributed by atoms with Gasteiger partial charge in [0.25, 0.3) is 5.91 Å². The molecule has 5 nitrogen and oxygen atoms in total. The lowest BCUT2D eigenvalue weighted by Crippen LogP contribution is -2.47. The zero-order chi connectivity index (χ0) is 14.4. The van der Waals surface area contributed by atoms with Crippen LogP contribution in [0.25, 0.3) is 0 Å². The molecule has 104 valence electrons. The molecular formula is C13H20N4OS. The van der Waals surface area contributed by atoms with E-state index in [1.165, 1.54) is 5.56 Å². The number of rotatable bonds is 3. The quantitative estimate of drug-likeness (QED) is 0.494. The van der Waals surface area contributed by atoms with Gasteiger partial charge in [0, 0.05) is 12.7 Å². The maximum Gasteiger partial charge on any atom is 0.257 e. The van der Waals surface area contributed by atoms with Gasteiger partial charge in [-0.3, -0.25) is 15.6 Å². The molecule has 1 amide bonds. The normalized spacial score (nSPS) is 9.68. The molecule has 0 radical (unpaired) electrons. The van der Waals surface area contributed by atoms with Gasteiger partial charge < -0.3 is 10.6 Å². The predicted octanol–water partition coefficient (Wildman–Crippen LogP) is 1.15. The molecule has 6 heteroatoms. The SMILES string of the molecule is CNC(=S)NNC(=O)CNc1c(C)cc(C)cc1C. The zero-order valence-corrected chi connectivity index (χ0v) is 12.5. The van der Waals surface area contributed by atoms with Gasteiger partial charge in [0.2, 0.25) is 0 Å². The number of carbonyl (C=O) groups excluding carboxylic acids is 1. The molecule has 19 heavy (non-hydrogen) atoms. The summed E-state index contributed by atoms with van der Waals surface area (Å²) in [7, 11) is 1.68. The molecular weight excluding hydrogens is 260 g/mol. The molecule has 0 aliphatic rings. The first-order valence-electron chi connectivity index (χ1n) is 6.02. The van der Waals surface area contributed by atoms with E-state index in [1.54, 1.807) is 7.05 Å². The Morgan fingerprint density at radius 2 is 1.74 bits per heavy atom. The second-order valence-electron chi connectivity index (χ2n) is 4.38. The lowest BCUT2D eigenvalue weighted by molar-refractivity contribution is -0.119. The van der Waals surface area contributed by atoms with Crippen LogP contribution in [0.4, 0.5) is 5.69 Å². The highest BCUT2D eigenvalue weighted by Gasteiger charge is 2.06. The summed E-state index contributed by atoms with van der Waals surface area (Å²) >= 11 is 4.85. The second kappa shape index (κ2) is 6.94. The van der Waals surface area contributed by atoms with Crippen LogP contribution in [0.1, 0.15) is 16.7 Å². The van der Waals surface area contributed by atoms with Crippen LogP contribution in [0.5, 0.6) is 0 Å². The Morgan fingerprint density at radius 3 is 2.26 bits per heavy atom. The topological polar surface area (TPSA) is 65.2 Å². The van der Waals surface area contributed by atoms with Gasteiger partial charge >= 0.3 is 0 Å². The third-order valence-electron chi connectivity index (χ3n) is 2.65. The van der Waals surface area contributed by atoms with Crippen molar-refractivity contribution in [3.8, 4) is 0 Å². The molecule has 0 aliphatic carbocycles. The van der Waals surface area contributed by atoms with Gasteiger partial charge in [-0.2, -0.15) is 0 Å². The molecule has 4 N–H and O–H groups in total. The van der Waals surface area contributed by atoms with E-state index in [1.807, 2.05) is 13.8 Å². The highest BCUT2D eigenvalue weighted by molar-refractivity contribution is 7.80. The van der Waals surface area contributed by atoms with Crippen LogP contribution >= 0.6 is 12.2 Å². The molecule has 0 spiro atoms. The largest absolute Gasteiger partial charge is 0.376 e. The Bertz CT molecular complexity index is 465. The van der Waals surface area contributed by atoms with Gasteiger partial charge in [0.1, 0.15) is 0 Å². The summed E-state index contributed by atoms with van der Waals surface area (Å²) in [6.07, 6.45) is 0. The van der Waals surface area contributed by atoms with E-state index in [0.29, 0.717) is 5.11 Å². The van der Waals surface area contributed by atoms with E-state index in [9.17, 15) is 4.79 Å². The molecule has 0 atom stereocenters. The zero-order valence-electron chi connectivity index (χ0n) is 11.7. The predicted molar refractivity (Wildman–Crippen MR) is 82.1 cm³/mol. The number of amides is 1. The number of nitrogens with one attached hydrogen (secondary N) is 4. The Hall–Kier alpha value is -1.82. The van der Waals surface area contributed by atoms with Gasteiger partial charge in [-0.05, 0) is 44.1 Å². The maximum atomic E-state index is 11.6. The van der Waals surface area contributed by atoms with E-state index < -0.39 is 0 Å². The first-order chi connectivity index (χ1) is 8.93. The summed E-state index contributed by atoms with van der Waals surface area (Å²) in [6, 6.07) is 4.17. The minimum atomic E-state index is -0.183. The van der Waals surface area contributed by atoms with Crippen LogP contribution in [0.15, 0.2) is 12.1 Å². The van der Waals surface area contributed by atoms with Crippen molar-refractivity contribution in [3.05, 3.63) is 28.8 Å². The Labute approximate surface area is 119 Å². The molecule has 0 fully saturated rings. The number of thiocarbonyl (C=S) groups is 1. The Kier molecular flexibility index (Phi) is 5.57. The third-order valence-corrected chi connectivity index (χ3v) is 2.95. The van der Waals surface area contributed by atoms with Crippen molar-refractivity contribution >= 4 is 28.9 Å². The Balaban J connectivity index is 2.53. The fraction of sp³-hybridized carbons (Fsp3) is 0.385. The van der Waals surface area contributed by atoms with Crippen LogP contribution in [0, 0.1) is 20.8 Å². The summed E-state index contributed by atoms with van der Waals surface area (Å²) in [5, 5.41) is 6.21. The standard InChI is InChI=1S/C13H20N4OS/c1-8-5-9(2)12(10(3)6-8)15-7-11(18)16-17-13(19)14-4/h5-6,15H,7H2,1-4H3,(H,16,18)(H2,14,17,19). The maximum absolute atomic E-state index is 11.6. The van der Waals surface area contributed by atoms with E-state index >= 15 is 0 Å². The van der Waals surface area contributed by atoms with Crippen LogP contribution in [0.2, 0.25) is 0 Å². The lowest BCUT2D eigenvalue weighted by atomic mass is 10.1. The first-order valence-corrected chi connectivity index (χ1v) is 6.43. The van der Waals surface area contributed by atoms with Crippen LogP contribution in [-0.4, -0.2) is 24.6 Å². The summed E-state index contributed by atoms with van der Waals surface area (Å²) < 4.78 is 0. The summed E-state index contributed by atoms with van der Waals surface area (Å²) in [5.74, 6) is -0.183. The molecule has 0 aromatic heterocycles. The summed E-state index contributed by atoms with van der Waals surface area (Å²) in [4.78, 5) is 11.6. The fourth-order valence-corrected chi connectivity index (χ4v) is 1.91. The molecule has 1 aromatic rings. The van der Waals surface area contributed by atoms with Crippen molar-refractivity contribution in [2.45, 2.75) is 20.8 Å². The number of anilines is 1. The monoisotopic (exact) mass is 280 g/mol. The highest BCUT2D eigenvalue weighted by Crippen LogP contribution is 2.21. The van der Waals surface area contributed by atoms with Gasteiger partial charge in [-0.15, -0.1) is 0 Å². The molecule has 0 saturated heterocycles. The first kappa shape index (κ1) is 15.2. The van der Waals surface area contributed by atoms with Crippen molar-refractivity contribution in [1.82, 2.24) is 16.2 Å². The van der Waals surface area contributed by atoms with Crippen molar-refractivity contribution in [3.63, 3.8) is 0 Å². The highest BCUT2D eigenvalue weighted by atomic mass is 32.1. The summed E-state index contributed by atoms with van der Waals surface area (Å²) in [6.45, 7) is 6.28. The number of aryl methyl sites for hydroxylation is 3. The number of carbonyl (C=O) groups is 1. The molecule has 0 unspecified atom stereocenters. The molecule has 0 heterocycles. The minimum Gasteiger partial charge on any atom is -0.376 e. The average Bonchev–Trinajstić information content (AvgIpc) is 2.34. The lowest BCUT2D eigenvalue weighted by Gasteiger charge is -2.14. The second-order valence-corrected chi connectivity index (χ2v) is 4.79. The average molecular weight is 280 g/mol. The molecule has 1 rings (SSSR count). The van der Waals surface area contributed by atoms with E-state index in [2.05, 4.69) is 40.5 Å². The number of hydrogen-bond donors (Lipinski definition) is 4. The van der Waals surface area contributed by atoms with E-state index in [0.717, 1.165) is 16.8 Å². The van der Waals surface area contributed by atoms with Crippen molar-refractivity contribution in [1.29, 1.82) is 0 Å². The molecule has 0 saturated carbocycles. The van der Waals surface area contributed by atoms with Crippen molar-refractivity contribution < 1.29 is 4.79 Å². The summed E-state index contributed by atoms with van der Waals surface area (Å²) in [5.41, 5.74) is 9.55. The van der Waals surface area contributed by atoms with E-state index in [-0.39, 0.29) is 12.5 Å². The number of benzene rings is 1.